The average molecular weight is 318 g/mol. The van der Waals surface area contributed by atoms with Crippen molar-refractivity contribution in [2.24, 2.45) is 0 Å². The maximum absolute atomic E-state index is 6.13. The zero-order valence-electron chi connectivity index (χ0n) is 13.7. The molecule has 0 heterocycles. The summed E-state index contributed by atoms with van der Waals surface area (Å²) in [5.41, 5.74) is 25.6. The maximum atomic E-state index is 6.13. The number of benzene rings is 3. The van der Waals surface area contributed by atoms with Gasteiger partial charge in [0.15, 0.2) is 0 Å². The molecule has 3 rings (SSSR count). The van der Waals surface area contributed by atoms with Gasteiger partial charge in [-0.05, 0) is 42.3 Å². The van der Waals surface area contributed by atoms with Gasteiger partial charge in [-0.2, -0.15) is 0 Å². The lowest BCUT2D eigenvalue weighted by molar-refractivity contribution is 1.13. The summed E-state index contributed by atoms with van der Waals surface area (Å²) in [6.45, 7) is 2.59. The highest BCUT2D eigenvalue weighted by Crippen LogP contribution is 2.32. The fraction of sp³-hybridized carbons (Fsp3) is 0.100. The van der Waals surface area contributed by atoms with Crippen molar-refractivity contribution >= 4 is 22.7 Å². The van der Waals surface area contributed by atoms with Gasteiger partial charge in [-0.3, -0.25) is 0 Å². The van der Waals surface area contributed by atoms with Gasteiger partial charge in [-0.15, -0.1) is 0 Å². The fourth-order valence-electron chi connectivity index (χ4n) is 2.83. The van der Waals surface area contributed by atoms with E-state index in [0.717, 1.165) is 45.0 Å². The Hall–Kier alpha value is -3.14. The van der Waals surface area contributed by atoms with E-state index in [2.05, 4.69) is 11.4 Å². The molecule has 0 bridgehead atoms. The molecule has 0 spiro atoms. The lowest BCUT2D eigenvalue weighted by Crippen LogP contribution is -2.07. The summed E-state index contributed by atoms with van der Waals surface area (Å²) in [5.74, 6) is 0. The lowest BCUT2D eigenvalue weighted by atomic mass is 10.0. The Kier molecular flexibility index (Phi) is 4.29. The smallest absolute Gasteiger partial charge is 0.0424 e. The van der Waals surface area contributed by atoms with E-state index in [1.807, 2.05) is 61.5 Å². The van der Waals surface area contributed by atoms with Crippen molar-refractivity contribution in [1.82, 2.24) is 0 Å². The number of para-hydroxylation sites is 2. The van der Waals surface area contributed by atoms with Gasteiger partial charge in [0.05, 0.1) is 0 Å². The van der Waals surface area contributed by atoms with Crippen molar-refractivity contribution in [1.29, 1.82) is 0 Å². The van der Waals surface area contributed by atoms with E-state index in [0.29, 0.717) is 6.54 Å². The molecule has 0 aliphatic carbocycles. The number of nitrogen functional groups attached to an aromatic ring is 3. The van der Waals surface area contributed by atoms with E-state index in [1.165, 1.54) is 0 Å². The van der Waals surface area contributed by atoms with Gasteiger partial charge in [0.2, 0.25) is 0 Å². The molecule has 3 aromatic rings. The minimum Gasteiger partial charge on any atom is -0.399 e. The fourth-order valence-corrected chi connectivity index (χ4v) is 2.83. The number of hydrogen-bond donors (Lipinski definition) is 4. The SMILES string of the molecule is Cc1c(N)ccc(N)c1CNc1ccccc1-c1ccccc1N. The Morgan fingerprint density at radius 3 is 2.08 bits per heavy atom. The van der Waals surface area contributed by atoms with Crippen LogP contribution in [0, 0.1) is 6.92 Å². The lowest BCUT2D eigenvalue weighted by Gasteiger charge is -2.16. The first-order valence-electron chi connectivity index (χ1n) is 7.89. The van der Waals surface area contributed by atoms with Crippen LogP contribution >= 0.6 is 0 Å². The summed E-state index contributed by atoms with van der Waals surface area (Å²) >= 11 is 0. The summed E-state index contributed by atoms with van der Waals surface area (Å²) in [5, 5.41) is 3.47. The molecule has 0 aliphatic rings. The number of rotatable bonds is 4. The van der Waals surface area contributed by atoms with Crippen molar-refractivity contribution in [2.75, 3.05) is 22.5 Å². The first kappa shape index (κ1) is 15.7. The molecule has 0 unspecified atom stereocenters. The second-order valence-electron chi connectivity index (χ2n) is 5.83. The molecule has 122 valence electrons. The largest absolute Gasteiger partial charge is 0.399 e. The zero-order valence-corrected chi connectivity index (χ0v) is 13.7. The van der Waals surface area contributed by atoms with Crippen LogP contribution in [0.4, 0.5) is 22.7 Å². The second-order valence-corrected chi connectivity index (χ2v) is 5.83. The van der Waals surface area contributed by atoms with Crippen LogP contribution < -0.4 is 22.5 Å². The zero-order chi connectivity index (χ0) is 17.1. The minimum atomic E-state index is 0.604. The van der Waals surface area contributed by atoms with E-state index in [9.17, 15) is 0 Å². The van der Waals surface area contributed by atoms with Crippen LogP contribution in [-0.4, -0.2) is 0 Å². The van der Waals surface area contributed by atoms with E-state index < -0.39 is 0 Å². The van der Waals surface area contributed by atoms with Gasteiger partial charge in [0.25, 0.3) is 0 Å². The summed E-state index contributed by atoms with van der Waals surface area (Å²) in [6, 6.07) is 19.7. The van der Waals surface area contributed by atoms with Gasteiger partial charge < -0.3 is 22.5 Å². The van der Waals surface area contributed by atoms with Crippen molar-refractivity contribution in [3.63, 3.8) is 0 Å². The van der Waals surface area contributed by atoms with Crippen LogP contribution in [0.1, 0.15) is 11.1 Å². The van der Waals surface area contributed by atoms with Crippen molar-refractivity contribution in [3.8, 4) is 11.1 Å². The van der Waals surface area contributed by atoms with Gasteiger partial charge in [-0.25, -0.2) is 0 Å². The molecule has 4 heteroatoms. The van der Waals surface area contributed by atoms with Crippen LogP contribution in [0.3, 0.4) is 0 Å². The summed E-state index contributed by atoms with van der Waals surface area (Å²) in [4.78, 5) is 0. The van der Waals surface area contributed by atoms with Crippen LogP contribution in [0.15, 0.2) is 60.7 Å². The molecule has 4 nitrogen and oxygen atoms in total. The first-order chi connectivity index (χ1) is 11.6. The van der Waals surface area contributed by atoms with E-state index >= 15 is 0 Å². The Balaban J connectivity index is 1.93. The highest BCUT2D eigenvalue weighted by atomic mass is 14.9. The average Bonchev–Trinajstić information content (AvgIpc) is 2.59. The second kappa shape index (κ2) is 6.54. The molecule has 0 radical (unpaired) electrons. The predicted molar refractivity (Wildman–Crippen MR) is 104 cm³/mol. The monoisotopic (exact) mass is 318 g/mol. The predicted octanol–water partition coefficient (Wildman–Crippen LogP) is 4.02. The highest BCUT2D eigenvalue weighted by molar-refractivity contribution is 5.85. The van der Waals surface area contributed by atoms with Gasteiger partial charge in [0, 0.05) is 40.4 Å². The van der Waals surface area contributed by atoms with E-state index in [4.69, 9.17) is 17.2 Å². The molecule has 0 saturated carbocycles. The highest BCUT2D eigenvalue weighted by Gasteiger charge is 2.10. The first-order valence-corrected chi connectivity index (χ1v) is 7.89. The van der Waals surface area contributed by atoms with Crippen molar-refractivity contribution in [3.05, 3.63) is 71.8 Å². The molecular formula is C20H22N4. The van der Waals surface area contributed by atoms with E-state index in [-0.39, 0.29) is 0 Å². The third-order valence-corrected chi connectivity index (χ3v) is 4.31. The third kappa shape index (κ3) is 2.99. The van der Waals surface area contributed by atoms with Crippen LogP contribution in [-0.2, 0) is 6.54 Å². The molecule has 0 fully saturated rings. The molecular weight excluding hydrogens is 296 g/mol. The van der Waals surface area contributed by atoms with Crippen molar-refractivity contribution in [2.45, 2.75) is 13.5 Å². The van der Waals surface area contributed by atoms with Crippen LogP contribution in [0.25, 0.3) is 11.1 Å². The standard InChI is InChI=1S/C20H22N4/c1-13-16(19(23)11-10-17(13)21)12-24-20-9-5-3-7-15(20)14-6-2-4-8-18(14)22/h2-11,24H,12,21-23H2,1H3. The topological polar surface area (TPSA) is 90.1 Å². The quantitative estimate of drug-likeness (QED) is 0.547. The molecule has 0 saturated heterocycles. The molecule has 24 heavy (non-hydrogen) atoms. The number of nitrogens with one attached hydrogen (secondary N) is 1. The molecule has 0 aromatic heterocycles. The van der Waals surface area contributed by atoms with Crippen LogP contribution in [0.2, 0.25) is 0 Å². The Labute approximate surface area is 142 Å². The molecule has 0 amide bonds. The van der Waals surface area contributed by atoms with Crippen LogP contribution in [0.5, 0.6) is 0 Å². The van der Waals surface area contributed by atoms with Gasteiger partial charge in [-0.1, -0.05) is 36.4 Å². The third-order valence-electron chi connectivity index (χ3n) is 4.31. The molecule has 3 aromatic carbocycles. The van der Waals surface area contributed by atoms with Gasteiger partial charge in [0.1, 0.15) is 0 Å². The molecule has 7 N–H and O–H groups in total. The van der Waals surface area contributed by atoms with E-state index in [1.54, 1.807) is 0 Å². The Morgan fingerprint density at radius 2 is 1.33 bits per heavy atom. The summed E-state index contributed by atoms with van der Waals surface area (Å²) < 4.78 is 0. The van der Waals surface area contributed by atoms with Crippen molar-refractivity contribution < 1.29 is 0 Å². The number of nitrogens with two attached hydrogens (primary N) is 3. The minimum absolute atomic E-state index is 0.604. The number of hydrogen-bond acceptors (Lipinski definition) is 4. The normalized spacial score (nSPS) is 10.5. The Morgan fingerprint density at radius 1 is 0.708 bits per heavy atom. The summed E-state index contributed by atoms with van der Waals surface area (Å²) in [6.07, 6.45) is 0. The van der Waals surface area contributed by atoms with Gasteiger partial charge >= 0.3 is 0 Å². The Bertz CT molecular complexity index is 871. The number of anilines is 4. The molecule has 0 aliphatic heterocycles. The maximum Gasteiger partial charge on any atom is 0.0424 e. The molecule has 0 atom stereocenters. The summed E-state index contributed by atoms with van der Waals surface area (Å²) in [7, 11) is 0.